The number of carbonyl (C=O) groups is 6. The Morgan fingerprint density at radius 2 is 0.643 bits per heavy atom. The number of amides is 2. The zero-order valence-corrected chi connectivity index (χ0v) is 83.4. The van der Waals surface area contributed by atoms with E-state index in [1.54, 1.807) is 0 Å². The fraction of sp³-hybridized carbons (Fsp3) is 0.920. The van der Waals surface area contributed by atoms with Crippen molar-refractivity contribution in [1.29, 1.82) is 0 Å². The van der Waals surface area contributed by atoms with E-state index in [9.17, 15) is 68.3 Å². The van der Waals surface area contributed by atoms with Gasteiger partial charge in [-0.2, -0.15) is 0 Å². The van der Waals surface area contributed by atoms with Crippen LogP contribution in [-0.4, -0.2) is 175 Å². The number of nitrogens with one attached hydrogen (secondary N) is 2. The summed E-state index contributed by atoms with van der Waals surface area (Å²) in [5, 5.41) is 51.6. The average Bonchev–Trinajstić information content (AvgIpc) is 0.770. The van der Waals surface area contributed by atoms with Crippen molar-refractivity contribution in [2.24, 2.45) is 0 Å². The van der Waals surface area contributed by atoms with Crippen LogP contribution in [0.25, 0.3) is 0 Å². The number of carbonyl (C=O) groups excluding carboxylic acids is 6. The maximum Gasteiger partial charge on any atom is 0.472 e. The molecule has 10 unspecified atom stereocenters. The van der Waals surface area contributed by atoms with Gasteiger partial charge in [-0.15, -0.1) is 0 Å². The van der Waals surface area contributed by atoms with Gasteiger partial charge >= 0.3 is 39.5 Å². The molecule has 10 N–H and O–H groups in total. The Hall–Kier alpha value is -3.50. The van der Waals surface area contributed by atoms with Crippen molar-refractivity contribution in [2.45, 2.75) is 577 Å². The molecule has 14 atom stereocenters. The van der Waals surface area contributed by atoms with Gasteiger partial charge in [-0.1, -0.05) is 388 Å². The molecule has 129 heavy (non-hydrogen) atoms. The summed E-state index contributed by atoms with van der Waals surface area (Å²) >= 11 is 0. The van der Waals surface area contributed by atoms with Crippen LogP contribution in [-0.2, 0) is 80.1 Å². The third-order valence-electron chi connectivity index (χ3n) is 25.0. The van der Waals surface area contributed by atoms with Gasteiger partial charge in [-0.05, 0) is 77.0 Å². The van der Waals surface area contributed by atoms with E-state index in [1.165, 1.54) is 89.9 Å². The van der Waals surface area contributed by atoms with E-state index in [0.717, 1.165) is 257 Å². The molecular formula is C100H188N2O25P2. The third kappa shape index (κ3) is 66.6. The summed E-state index contributed by atoms with van der Waals surface area (Å²) in [7, 11) is -11.4. The summed E-state index contributed by atoms with van der Waals surface area (Å²) in [6.07, 6.45) is 43.1. The Kier molecular flexibility index (Phi) is 75.9. The first-order chi connectivity index (χ1) is 62.3. The van der Waals surface area contributed by atoms with Gasteiger partial charge in [0.2, 0.25) is 11.8 Å². The van der Waals surface area contributed by atoms with Crippen LogP contribution >= 0.6 is 15.6 Å². The van der Waals surface area contributed by atoms with Crippen LogP contribution in [0.4, 0.5) is 0 Å². The van der Waals surface area contributed by atoms with Gasteiger partial charge in [0, 0.05) is 12.8 Å². The van der Waals surface area contributed by atoms with Crippen LogP contribution in [0.15, 0.2) is 12.2 Å². The summed E-state index contributed by atoms with van der Waals surface area (Å²) < 4.78 is 80.4. The molecule has 2 heterocycles. The average molecular weight is 1880 g/mol. The monoisotopic (exact) mass is 1880 g/mol. The minimum atomic E-state index is -5.70. The van der Waals surface area contributed by atoms with Crippen molar-refractivity contribution < 1.29 is 120 Å². The molecule has 0 spiro atoms. The molecule has 29 heteroatoms. The summed E-state index contributed by atoms with van der Waals surface area (Å²) in [5.41, 5.74) is 0. The van der Waals surface area contributed by atoms with Crippen LogP contribution in [0.2, 0.25) is 0 Å². The summed E-state index contributed by atoms with van der Waals surface area (Å²) in [6.45, 7) is 10.9. The van der Waals surface area contributed by atoms with Gasteiger partial charge in [0.05, 0.1) is 51.1 Å². The fourth-order valence-electron chi connectivity index (χ4n) is 17.3. The molecule has 27 nitrogen and oxygen atoms in total. The molecule has 2 rings (SSSR count). The summed E-state index contributed by atoms with van der Waals surface area (Å²) in [5.74, 6) is -5.05. The highest BCUT2D eigenvalue weighted by molar-refractivity contribution is 7.46. The smallest absolute Gasteiger partial charge is 0.462 e. The molecule has 0 aromatic heterocycles. The molecule has 0 radical (unpaired) electrons. The molecule has 2 saturated heterocycles. The van der Waals surface area contributed by atoms with Gasteiger partial charge in [-0.3, -0.25) is 37.8 Å². The first-order valence-corrected chi connectivity index (χ1v) is 55.4. The fourth-order valence-corrected chi connectivity index (χ4v) is 18.4. The lowest BCUT2D eigenvalue weighted by atomic mass is 9.95. The topological polar surface area (TPSA) is 406 Å². The van der Waals surface area contributed by atoms with Crippen molar-refractivity contribution in [3.8, 4) is 0 Å². The second-order valence-corrected chi connectivity index (χ2v) is 39.7. The van der Waals surface area contributed by atoms with Crippen LogP contribution in [0.1, 0.15) is 491 Å². The zero-order valence-electron chi connectivity index (χ0n) is 81.6. The lowest BCUT2D eigenvalue weighted by molar-refractivity contribution is -0.297. The van der Waals surface area contributed by atoms with Gasteiger partial charge < -0.3 is 83.8 Å². The minimum absolute atomic E-state index is 0.0724. The number of aliphatic hydroxyl groups excluding tert-OH is 4. The summed E-state index contributed by atoms with van der Waals surface area (Å²) in [6, 6.07) is -3.87. The van der Waals surface area contributed by atoms with E-state index in [2.05, 4.69) is 64.3 Å². The Bertz CT molecular complexity index is 2870. The Labute approximate surface area is 780 Å². The maximum atomic E-state index is 15.2. The van der Waals surface area contributed by atoms with E-state index >= 15 is 9.59 Å². The van der Waals surface area contributed by atoms with E-state index < -0.39 is 176 Å². The molecule has 0 aromatic carbocycles. The van der Waals surface area contributed by atoms with Crippen LogP contribution < -0.4 is 10.6 Å². The Morgan fingerprint density at radius 3 is 1.02 bits per heavy atom. The molecule has 0 aliphatic carbocycles. The normalized spacial score (nSPS) is 20.0. The number of aliphatic hydroxyl groups is 4. The predicted molar refractivity (Wildman–Crippen MR) is 508 cm³/mol. The molecule has 0 bridgehead atoms. The number of allylic oxidation sites excluding steroid dienone is 2. The quantitative estimate of drug-likeness (QED) is 0.00889. The van der Waals surface area contributed by atoms with Crippen molar-refractivity contribution in [3.05, 3.63) is 12.2 Å². The summed E-state index contributed by atoms with van der Waals surface area (Å²) in [4.78, 5) is 129. The van der Waals surface area contributed by atoms with Crippen molar-refractivity contribution in [2.75, 3.05) is 13.2 Å². The van der Waals surface area contributed by atoms with Crippen LogP contribution in [0, 0.1) is 0 Å². The molecular weight excluding hydrogens is 1690 g/mol. The SMILES string of the molecule is CCCCCC/C=C\CCCCCCCC(=O)OC(CCCCCCCCCCC)CC(=O)NC1[C@H](OCC2OC(OP(=O)(O)O)C(NC(=O)CC(O)CCCCCCCCCCC)[C@@H](OC(=O)CC(O)CCCCCCCCCCC)[C@@H]2O)OC(CO)C(OP(=O)(O)O)[C@@H]1OC(=O)CC(CCCCCCCCCCC)OC(=O)CCCCCCCCCCCCCCC. The number of unbranched alkanes of at least 4 members (excludes halogenated alkanes) is 53. The number of ether oxygens (including phenoxy) is 7. The first-order valence-electron chi connectivity index (χ1n) is 52.4. The van der Waals surface area contributed by atoms with E-state index in [0.29, 0.717) is 38.5 Å². The maximum absolute atomic E-state index is 15.2. The zero-order chi connectivity index (χ0) is 94.7. The van der Waals surface area contributed by atoms with Crippen molar-refractivity contribution in [3.63, 3.8) is 0 Å². The molecule has 0 saturated carbocycles. The molecule has 2 aliphatic rings. The number of esters is 4. The first kappa shape index (κ1) is 122. The number of phosphoric ester groups is 2. The lowest BCUT2D eigenvalue weighted by Gasteiger charge is -2.47. The second kappa shape index (κ2) is 80.6. The standard InChI is InChI=1S/C100H188N2O25P2/c1-7-13-19-25-31-37-39-41-43-49-55-61-67-73-89(108)120-83(71-65-59-53-47-35-29-23-17-11-5)77-88(107)102-94-98(125-92(111)78-84(72-66-60-54-48-36-30-24-18-12-6)121-90(109)74-68-62-56-50-44-42-40-38-32-26-20-14-8-2)96(126-128(113,114)115)85(79-103)122-99(94)119-80-86-95(112)97(124-91(110)76-82(105)70-64-58-52-46-34-28-22-16-10-4)93(100(123-86)127-129(116,117)118)101-87(106)75-81(104)69-63-57-51-45-33-27-21-15-9-3/h37,39,81-86,93-100,103-105,112H,7-36,38,40-80H2,1-6H3,(H,101,106)(H,102,107)(H2,113,114,115)(H2,116,117,118)/b39-37-/t81?,82?,83?,84?,85?,86?,93?,94?,95-,96?,97-,98-,99-,100?/m1/s1. The van der Waals surface area contributed by atoms with Crippen molar-refractivity contribution in [1.82, 2.24) is 10.6 Å². The number of hydrogen-bond donors (Lipinski definition) is 10. The largest absolute Gasteiger partial charge is 0.472 e. The molecule has 2 amide bonds. The van der Waals surface area contributed by atoms with E-state index in [-0.39, 0.29) is 38.5 Å². The van der Waals surface area contributed by atoms with Crippen LogP contribution in [0.5, 0.6) is 0 Å². The van der Waals surface area contributed by atoms with E-state index in [4.69, 9.17) is 42.2 Å². The number of rotatable bonds is 89. The van der Waals surface area contributed by atoms with Crippen molar-refractivity contribution >= 4 is 51.3 Å². The van der Waals surface area contributed by atoms with Gasteiger partial charge in [0.1, 0.15) is 48.7 Å². The number of hydrogen-bond acceptors (Lipinski definition) is 21. The molecule has 758 valence electrons. The van der Waals surface area contributed by atoms with Gasteiger partial charge in [0.25, 0.3) is 0 Å². The molecule has 0 aromatic rings. The second-order valence-electron chi connectivity index (χ2n) is 37.3. The van der Waals surface area contributed by atoms with Crippen LogP contribution in [0.3, 0.4) is 0 Å². The molecule has 2 aliphatic heterocycles. The highest BCUT2D eigenvalue weighted by atomic mass is 31.2. The highest BCUT2D eigenvalue weighted by Crippen LogP contribution is 2.44. The highest BCUT2D eigenvalue weighted by Gasteiger charge is 2.55. The Balaban J connectivity index is 2.83. The van der Waals surface area contributed by atoms with Gasteiger partial charge in [0.15, 0.2) is 24.8 Å². The van der Waals surface area contributed by atoms with Gasteiger partial charge in [-0.25, -0.2) is 9.13 Å². The predicted octanol–water partition coefficient (Wildman–Crippen LogP) is 22.7. The Morgan fingerprint density at radius 1 is 0.341 bits per heavy atom. The van der Waals surface area contributed by atoms with E-state index in [1.807, 2.05) is 0 Å². The molecule has 2 fully saturated rings. The lowest BCUT2D eigenvalue weighted by Crippen LogP contribution is -2.68. The minimum Gasteiger partial charge on any atom is -0.462 e. The number of phosphoric acid groups is 2. The third-order valence-corrected chi connectivity index (χ3v) is 26.0.